The summed E-state index contributed by atoms with van der Waals surface area (Å²) in [6.45, 7) is 5.02. The van der Waals surface area contributed by atoms with Crippen LogP contribution in [0.5, 0.6) is 5.75 Å². The first-order chi connectivity index (χ1) is 13.5. The van der Waals surface area contributed by atoms with Crippen molar-refractivity contribution in [3.05, 3.63) is 66.5 Å². The van der Waals surface area contributed by atoms with Gasteiger partial charge in [0.1, 0.15) is 18.5 Å². The number of aromatic amines is 2. The van der Waals surface area contributed by atoms with E-state index in [0.717, 1.165) is 28.6 Å². The van der Waals surface area contributed by atoms with Gasteiger partial charge in [-0.25, -0.2) is 0 Å². The van der Waals surface area contributed by atoms with E-state index in [1.54, 1.807) is 0 Å². The number of H-pyrrole nitrogens is 2. The van der Waals surface area contributed by atoms with Crippen LogP contribution in [0.3, 0.4) is 0 Å². The van der Waals surface area contributed by atoms with Gasteiger partial charge in [-0.3, -0.25) is 0 Å². The number of rotatable bonds is 8. The van der Waals surface area contributed by atoms with Gasteiger partial charge in [-0.1, -0.05) is 30.3 Å². The molecule has 0 fully saturated rings. The lowest BCUT2D eigenvalue weighted by Gasteiger charge is -2.28. The Kier molecular flexibility index (Phi) is 5.11. The molecule has 0 aliphatic rings. The van der Waals surface area contributed by atoms with Crippen molar-refractivity contribution in [2.24, 2.45) is 0 Å². The van der Waals surface area contributed by atoms with Crippen LogP contribution in [-0.2, 0) is 6.42 Å². The van der Waals surface area contributed by atoms with Gasteiger partial charge in [-0.05, 0) is 44.0 Å². The molecule has 146 valence electrons. The summed E-state index contributed by atoms with van der Waals surface area (Å²) in [5, 5.41) is 16.2. The molecule has 0 spiro atoms. The number of nitrogens with one attached hydrogen (secondary N) is 3. The van der Waals surface area contributed by atoms with E-state index in [2.05, 4.69) is 53.5 Å². The van der Waals surface area contributed by atoms with Crippen molar-refractivity contribution >= 4 is 21.8 Å². The molecule has 2 aromatic heterocycles. The molecule has 0 aliphatic heterocycles. The number of benzene rings is 2. The van der Waals surface area contributed by atoms with Crippen LogP contribution in [0.1, 0.15) is 19.4 Å². The predicted octanol–water partition coefficient (Wildman–Crippen LogP) is 4.00. The molecule has 0 bridgehead atoms. The van der Waals surface area contributed by atoms with E-state index in [0.29, 0.717) is 6.54 Å². The molecule has 0 aliphatic carbocycles. The third-order valence-electron chi connectivity index (χ3n) is 5.10. The number of aliphatic hydroxyl groups excluding tert-OH is 1. The summed E-state index contributed by atoms with van der Waals surface area (Å²) in [5.41, 5.74) is 3.24. The highest BCUT2D eigenvalue weighted by atomic mass is 16.5. The van der Waals surface area contributed by atoms with E-state index in [1.165, 1.54) is 10.9 Å². The summed E-state index contributed by atoms with van der Waals surface area (Å²) in [7, 11) is 0. The van der Waals surface area contributed by atoms with Crippen LogP contribution in [0.25, 0.3) is 21.8 Å². The average molecular weight is 377 g/mol. The maximum absolute atomic E-state index is 10.4. The fraction of sp³-hybridized carbons (Fsp3) is 0.304. The maximum Gasteiger partial charge on any atom is 0.143 e. The minimum atomic E-state index is -0.590. The lowest BCUT2D eigenvalue weighted by Crippen LogP contribution is -2.46. The van der Waals surface area contributed by atoms with Crippen molar-refractivity contribution in [2.45, 2.75) is 31.9 Å². The van der Waals surface area contributed by atoms with E-state index >= 15 is 0 Å². The Labute approximate surface area is 164 Å². The highest BCUT2D eigenvalue weighted by Crippen LogP contribution is 2.24. The van der Waals surface area contributed by atoms with E-state index in [1.807, 2.05) is 36.5 Å². The molecule has 5 nitrogen and oxygen atoms in total. The Morgan fingerprint density at radius 3 is 2.82 bits per heavy atom. The molecule has 0 saturated heterocycles. The topological polar surface area (TPSA) is 73.1 Å². The van der Waals surface area contributed by atoms with Gasteiger partial charge in [0.25, 0.3) is 0 Å². The first kappa shape index (κ1) is 18.6. The second-order valence-electron chi connectivity index (χ2n) is 7.96. The van der Waals surface area contributed by atoms with Crippen molar-refractivity contribution in [3.63, 3.8) is 0 Å². The van der Waals surface area contributed by atoms with Crippen LogP contribution >= 0.6 is 0 Å². The molecule has 4 N–H and O–H groups in total. The van der Waals surface area contributed by atoms with Crippen LogP contribution < -0.4 is 10.1 Å². The van der Waals surface area contributed by atoms with Gasteiger partial charge in [0, 0.05) is 40.8 Å². The van der Waals surface area contributed by atoms with Crippen molar-refractivity contribution in [2.75, 3.05) is 13.2 Å². The molecule has 28 heavy (non-hydrogen) atoms. The van der Waals surface area contributed by atoms with Gasteiger partial charge in [-0.2, -0.15) is 0 Å². The fourth-order valence-corrected chi connectivity index (χ4v) is 3.63. The molecule has 4 rings (SSSR count). The predicted molar refractivity (Wildman–Crippen MR) is 114 cm³/mol. The second kappa shape index (κ2) is 7.70. The largest absolute Gasteiger partial charge is 0.489 e. The van der Waals surface area contributed by atoms with Crippen molar-refractivity contribution in [3.8, 4) is 5.75 Å². The fourth-order valence-electron chi connectivity index (χ4n) is 3.63. The molecular formula is C23H27N3O2. The molecule has 4 aromatic rings. The van der Waals surface area contributed by atoms with E-state index in [9.17, 15) is 5.11 Å². The van der Waals surface area contributed by atoms with Crippen LogP contribution in [-0.4, -0.2) is 39.9 Å². The SMILES string of the molecule is CC(C)(Cc1c[nH]c2ccccc12)NC[C@@H](O)COc1cccc2cc[nH]c12. The van der Waals surface area contributed by atoms with E-state index in [-0.39, 0.29) is 12.1 Å². The molecule has 5 heteroatoms. The summed E-state index contributed by atoms with van der Waals surface area (Å²) in [4.78, 5) is 6.51. The van der Waals surface area contributed by atoms with Crippen LogP contribution in [0.2, 0.25) is 0 Å². The minimum Gasteiger partial charge on any atom is -0.489 e. The Morgan fingerprint density at radius 1 is 1.07 bits per heavy atom. The van der Waals surface area contributed by atoms with Crippen molar-refractivity contribution in [1.29, 1.82) is 0 Å². The van der Waals surface area contributed by atoms with Crippen LogP contribution in [0.4, 0.5) is 0 Å². The number of hydrogen-bond donors (Lipinski definition) is 4. The maximum atomic E-state index is 10.4. The zero-order valence-corrected chi connectivity index (χ0v) is 16.3. The average Bonchev–Trinajstić information content (AvgIpc) is 3.32. The van der Waals surface area contributed by atoms with Gasteiger partial charge in [0.15, 0.2) is 0 Å². The number of β-amino-alcohol motifs (C(OH)–C–C–N with tert-alkyl or cyclic N) is 1. The molecule has 0 unspecified atom stereocenters. The van der Waals surface area contributed by atoms with Crippen LogP contribution in [0, 0.1) is 0 Å². The molecule has 2 aromatic carbocycles. The number of fused-ring (bicyclic) bond motifs is 2. The highest BCUT2D eigenvalue weighted by molar-refractivity contribution is 5.85. The molecule has 1 atom stereocenters. The minimum absolute atomic E-state index is 0.147. The third kappa shape index (κ3) is 4.06. The van der Waals surface area contributed by atoms with Crippen molar-refractivity contribution < 1.29 is 9.84 Å². The Morgan fingerprint density at radius 2 is 1.93 bits per heavy atom. The van der Waals surface area contributed by atoms with Crippen molar-refractivity contribution in [1.82, 2.24) is 15.3 Å². The van der Waals surface area contributed by atoms with Gasteiger partial charge in [0.2, 0.25) is 0 Å². The smallest absolute Gasteiger partial charge is 0.143 e. The summed E-state index contributed by atoms with van der Waals surface area (Å²) in [5.74, 6) is 0.764. The van der Waals surface area contributed by atoms with E-state index in [4.69, 9.17) is 4.74 Å². The van der Waals surface area contributed by atoms with Gasteiger partial charge in [-0.15, -0.1) is 0 Å². The Bertz CT molecular complexity index is 1060. The number of aliphatic hydroxyl groups is 1. The molecular weight excluding hydrogens is 350 g/mol. The normalized spacial score (nSPS) is 13.2. The third-order valence-corrected chi connectivity index (χ3v) is 5.10. The van der Waals surface area contributed by atoms with Gasteiger partial charge in [0.05, 0.1) is 5.52 Å². The number of hydrogen-bond acceptors (Lipinski definition) is 3. The number of ether oxygens (including phenoxy) is 1. The van der Waals surface area contributed by atoms with Gasteiger partial charge < -0.3 is 25.1 Å². The lowest BCUT2D eigenvalue weighted by molar-refractivity contribution is 0.0995. The Hall–Kier alpha value is -2.76. The summed E-state index contributed by atoms with van der Waals surface area (Å²) in [6.07, 6.45) is 4.24. The monoisotopic (exact) mass is 377 g/mol. The van der Waals surface area contributed by atoms with Crippen LogP contribution in [0.15, 0.2) is 60.9 Å². The summed E-state index contributed by atoms with van der Waals surface area (Å²) < 4.78 is 5.84. The summed E-state index contributed by atoms with van der Waals surface area (Å²) >= 11 is 0. The molecule has 0 saturated carbocycles. The molecule has 2 heterocycles. The molecule has 0 amide bonds. The lowest BCUT2D eigenvalue weighted by atomic mass is 9.94. The second-order valence-corrected chi connectivity index (χ2v) is 7.96. The summed E-state index contributed by atoms with van der Waals surface area (Å²) in [6, 6.07) is 16.2. The zero-order valence-electron chi connectivity index (χ0n) is 16.3. The first-order valence-corrected chi connectivity index (χ1v) is 9.69. The van der Waals surface area contributed by atoms with Gasteiger partial charge >= 0.3 is 0 Å². The zero-order chi connectivity index (χ0) is 19.6. The van der Waals surface area contributed by atoms with E-state index < -0.39 is 6.10 Å². The number of aromatic nitrogens is 2. The quantitative estimate of drug-likeness (QED) is 0.375. The number of para-hydroxylation sites is 2. The highest BCUT2D eigenvalue weighted by Gasteiger charge is 2.21. The Balaban J connectivity index is 1.32. The standard InChI is InChI=1S/C23H27N3O2/c1-23(2,12-17-13-25-20-8-4-3-7-19(17)20)26-14-18(27)15-28-21-9-5-6-16-10-11-24-22(16)21/h3-11,13,18,24-27H,12,14-15H2,1-2H3/t18-/m1/s1. The molecule has 0 radical (unpaired) electrons. The first-order valence-electron chi connectivity index (χ1n) is 9.69.